The number of rotatable bonds is 11. The Bertz CT molecular complexity index is 1840. The van der Waals surface area contributed by atoms with Crippen LogP contribution in [0.1, 0.15) is 107 Å². The van der Waals surface area contributed by atoms with E-state index >= 15 is 0 Å². The van der Waals surface area contributed by atoms with Gasteiger partial charge in [0.05, 0.1) is 35.9 Å². The van der Waals surface area contributed by atoms with Gasteiger partial charge < -0.3 is 57.7 Å². The fourth-order valence-corrected chi connectivity index (χ4v) is 10.8. The Hall–Kier alpha value is -3.46. The van der Waals surface area contributed by atoms with E-state index in [9.17, 15) is 24.6 Å². The van der Waals surface area contributed by atoms with Crippen LogP contribution in [0.15, 0.2) is 35.4 Å². The summed E-state index contributed by atoms with van der Waals surface area (Å²) in [5, 5.41) is 28.8. The summed E-state index contributed by atoms with van der Waals surface area (Å²) in [6.07, 6.45) is -9.16. The normalized spacial score (nSPS) is 41.8. The predicted molar refractivity (Wildman–Crippen MR) is 248 cm³/mol. The van der Waals surface area contributed by atoms with Gasteiger partial charge in [0.1, 0.15) is 17.8 Å². The smallest absolute Gasteiger partial charge is 0.458 e. The van der Waals surface area contributed by atoms with E-state index in [0.29, 0.717) is 31.5 Å². The zero-order valence-electron chi connectivity index (χ0n) is 42.4. The van der Waals surface area contributed by atoms with Crippen LogP contribution in [0, 0.1) is 17.8 Å². The summed E-state index contributed by atoms with van der Waals surface area (Å²) < 4.78 is 56.6. The van der Waals surface area contributed by atoms with Gasteiger partial charge in [-0.2, -0.15) is 5.10 Å². The van der Waals surface area contributed by atoms with Crippen molar-refractivity contribution in [3.63, 3.8) is 0 Å². The van der Waals surface area contributed by atoms with Gasteiger partial charge in [0.25, 0.3) is 0 Å². The molecule has 0 aliphatic carbocycles. The van der Waals surface area contributed by atoms with Crippen molar-refractivity contribution in [3.05, 3.63) is 35.9 Å². The fourth-order valence-electron chi connectivity index (χ4n) is 10.8. The Balaban J connectivity index is 1.50. The number of methoxy groups -OCH3 is 1. The Morgan fingerprint density at radius 2 is 1.66 bits per heavy atom. The molecule has 0 bridgehead atoms. The third-order valence-electron chi connectivity index (χ3n) is 14.5. The Morgan fingerprint density at radius 3 is 2.28 bits per heavy atom. The molecule has 380 valence electrons. The summed E-state index contributed by atoms with van der Waals surface area (Å²) >= 11 is 0. The van der Waals surface area contributed by atoms with E-state index in [1.165, 1.54) is 7.11 Å². The number of nitrogens with zero attached hydrogens (tertiary/aromatic N) is 3. The molecule has 1 unspecified atom stereocenters. The Labute approximate surface area is 397 Å². The van der Waals surface area contributed by atoms with E-state index in [4.69, 9.17) is 42.6 Å². The molecule has 5 rings (SSSR count). The Morgan fingerprint density at radius 1 is 0.985 bits per heavy atom. The molecule has 4 aliphatic heterocycles. The van der Waals surface area contributed by atoms with Crippen LogP contribution in [0.25, 0.3) is 0 Å². The SMILES string of the molecule is CC[C@H]1OC(=O)[C@H](C)[C@@H](O[C@H]2C[C@@](C)(OC)C(OC(=O)N/N=C(\C)Cc3ccccc3)[C@H](C)O2)[C@H](C)[C@@H](O[C@@H]2O[C@H](C)C[C@H](N(C)C)[C@H]2O)[C@](C)(O)C[C@@H](C)CN(C)[C@H](C)[C@H]2OC(=O)O[C@@]21C. The van der Waals surface area contributed by atoms with Crippen molar-refractivity contribution >= 4 is 23.9 Å². The minimum atomic E-state index is -1.61. The second kappa shape index (κ2) is 22.5. The van der Waals surface area contributed by atoms with E-state index in [-0.39, 0.29) is 36.9 Å². The average molecular weight is 949 g/mol. The number of esters is 1. The van der Waals surface area contributed by atoms with Crippen molar-refractivity contribution in [2.75, 3.05) is 34.8 Å². The molecule has 18 atom stereocenters. The quantitative estimate of drug-likeness (QED) is 0.109. The van der Waals surface area contributed by atoms with Crippen molar-refractivity contribution < 1.29 is 67.2 Å². The van der Waals surface area contributed by atoms with Crippen molar-refractivity contribution in [3.8, 4) is 0 Å². The lowest BCUT2D eigenvalue weighted by molar-refractivity contribution is -0.317. The molecular weight excluding hydrogens is 869 g/mol. The minimum absolute atomic E-state index is 0.0490. The summed E-state index contributed by atoms with van der Waals surface area (Å²) in [5.74, 6) is -2.68. The molecule has 4 fully saturated rings. The monoisotopic (exact) mass is 949 g/mol. The van der Waals surface area contributed by atoms with Gasteiger partial charge in [0.2, 0.25) is 0 Å². The van der Waals surface area contributed by atoms with Crippen molar-refractivity contribution in [1.29, 1.82) is 0 Å². The summed E-state index contributed by atoms with van der Waals surface area (Å²) in [6.45, 7) is 20.4. The van der Waals surface area contributed by atoms with Gasteiger partial charge in [-0.05, 0) is 107 Å². The maximum Gasteiger partial charge on any atom is 0.509 e. The first kappa shape index (κ1) is 54.5. The van der Waals surface area contributed by atoms with Gasteiger partial charge in [-0.3, -0.25) is 9.69 Å². The molecule has 3 N–H and O–H groups in total. The number of aliphatic hydroxyl groups is 2. The van der Waals surface area contributed by atoms with E-state index in [0.717, 1.165) is 5.56 Å². The number of cyclic esters (lactones) is 1. The third-order valence-corrected chi connectivity index (χ3v) is 14.5. The van der Waals surface area contributed by atoms with Crippen LogP contribution in [0.2, 0.25) is 0 Å². The maximum absolute atomic E-state index is 14.7. The average Bonchev–Trinajstić information content (AvgIpc) is 3.57. The lowest BCUT2D eigenvalue weighted by Gasteiger charge is -2.49. The number of hydrogen-bond donors (Lipinski definition) is 3. The molecule has 67 heavy (non-hydrogen) atoms. The molecule has 1 aromatic rings. The molecular formula is C49H80N4O14. The van der Waals surface area contributed by atoms with Gasteiger partial charge in [-0.1, -0.05) is 51.1 Å². The van der Waals surface area contributed by atoms with E-state index in [1.54, 1.807) is 34.6 Å². The number of fused-ring (bicyclic) bond motifs is 1. The highest BCUT2D eigenvalue weighted by Gasteiger charge is 2.58. The number of carbonyl (C=O) groups is 3. The minimum Gasteiger partial charge on any atom is -0.458 e. The van der Waals surface area contributed by atoms with Crippen LogP contribution >= 0.6 is 0 Å². The molecule has 18 heteroatoms. The number of likely N-dealkylation sites (N-methyl/N-ethyl adjacent to an activating group) is 2. The molecule has 0 aromatic heterocycles. The highest BCUT2D eigenvalue weighted by atomic mass is 16.8. The molecule has 1 amide bonds. The molecule has 1 aromatic carbocycles. The lowest BCUT2D eigenvalue weighted by Crippen LogP contribution is -2.61. The zero-order valence-corrected chi connectivity index (χ0v) is 42.4. The van der Waals surface area contributed by atoms with Crippen LogP contribution in [0.4, 0.5) is 9.59 Å². The first-order valence-corrected chi connectivity index (χ1v) is 23.9. The summed E-state index contributed by atoms with van der Waals surface area (Å²) in [4.78, 5) is 44.8. The maximum atomic E-state index is 14.7. The van der Waals surface area contributed by atoms with Crippen LogP contribution < -0.4 is 5.43 Å². The molecule has 4 saturated heterocycles. The van der Waals surface area contributed by atoms with Crippen LogP contribution in [-0.2, 0) is 53.8 Å². The number of carbonyl (C=O) groups excluding carboxylic acids is 3. The second-order valence-electron chi connectivity index (χ2n) is 20.6. The topological polar surface area (TPSA) is 206 Å². The molecule has 0 spiro atoms. The van der Waals surface area contributed by atoms with E-state index in [1.807, 2.05) is 103 Å². The number of aliphatic hydroxyl groups excluding tert-OH is 1. The number of hydrogen-bond acceptors (Lipinski definition) is 17. The first-order chi connectivity index (χ1) is 31.3. The Kier molecular flexibility index (Phi) is 18.3. The lowest BCUT2D eigenvalue weighted by atomic mass is 9.77. The number of amides is 1. The van der Waals surface area contributed by atoms with Gasteiger partial charge in [0, 0.05) is 50.2 Å². The number of hydrazone groups is 1. The van der Waals surface area contributed by atoms with Crippen molar-refractivity contribution in [1.82, 2.24) is 15.2 Å². The molecule has 0 saturated carbocycles. The largest absolute Gasteiger partial charge is 0.509 e. The van der Waals surface area contributed by atoms with Crippen LogP contribution in [-0.4, -0.2) is 169 Å². The van der Waals surface area contributed by atoms with Gasteiger partial charge in [0.15, 0.2) is 30.4 Å². The standard InChI is InChI=1S/C49H80N4O14/c1-16-36-49(11)41(66-46(57)67-49)32(7)53(14)26-27(2)24-47(9,58)40(64-44-38(54)35(52(12)13)23-29(4)60-44)30(5)39(31(6)43(55)62-36)63-37-25-48(10,59-15)42(33(8)61-37)65-45(56)51-50-28(3)22-34-20-18-17-19-21-34/h17-21,27,29-33,35-42,44,54,58H,16,22-26H2,1-15H3,(H,51,56)/b50-28+/t27-,29-,30+,31-,32-,33+,35+,36-,37+,38-,39+,40-,41-,42?,44+,47-,48-,49-/m1/s1. The van der Waals surface area contributed by atoms with Crippen LogP contribution in [0.5, 0.6) is 0 Å². The highest BCUT2D eigenvalue weighted by Crippen LogP contribution is 2.42. The van der Waals surface area contributed by atoms with Crippen molar-refractivity contribution in [2.45, 2.75) is 199 Å². The molecule has 4 heterocycles. The van der Waals surface area contributed by atoms with E-state index < -0.39 is 102 Å². The van der Waals surface area contributed by atoms with Crippen LogP contribution in [0.3, 0.4) is 0 Å². The van der Waals surface area contributed by atoms with Gasteiger partial charge in [-0.25, -0.2) is 15.0 Å². The summed E-state index contributed by atoms with van der Waals surface area (Å²) in [7, 11) is 7.19. The highest BCUT2D eigenvalue weighted by molar-refractivity contribution is 5.85. The number of benzene rings is 1. The molecule has 4 aliphatic rings. The fraction of sp³-hybridized carbons (Fsp3) is 0.796. The molecule has 0 radical (unpaired) electrons. The summed E-state index contributed by atoms with van der Waals surface area (Å²) in [6, 6.07) is 9.07. The second-order valence-corrected chi connectivity index (χ2v) is 20.6. The predicted octanol–water partition coefficient (Wildman–Crippen LogP) is 5.44. The molecule has 18 nitrogen and oxygen atoms in total. The third kappa shape index (κ3) is 12.9. The zero-order chi connectivity index (χ0) is 49.8. The number of nitrogens with one attached hydrogen (secondary N) is 1. The van der Waals surface area contributed by atoms with Gasteiger partial charge >= 0.3 is 18.2 Å². The van der Waals surface area contributed by atoms with Crippen molar-refractivity contribution in [2.24, 2.45) is 22.9 Å². The summed E-state index contributed by atoms with van der Waals surface area (Å²) in [5.41, 5.74) is 0.0969. The van der Waals surface area contributed by atoms with E-state index in [2.05, 4.69) is 10.5 Å². The number of ether oxygens (including phenoxy) is 9. The van der Waals surface area contributed by atoms with Gasteiger partial charge in [-0.15, -0.1) is 0 Å². The first-order valence-electron chi connectivity index (χ1n) is 23.9.